The van der Waals surface area contributed by atoms with Crippen LogP contribution >= 0.6 is 11.6 Å². The van der Waals surface area contributed by atoms with E-state index >= 15 is 0 Å². The summed E-state index contributed by atoms with van der Waals surface area (Å²) in [6.07, 6.45) is 7.58. The Morgan fingerprint density at radius 1 is 1.06 bits per heavy atom. The lowest BCUT2D eigenvalue weighted by atomic mass is 9.73. The second-order valence-corrected chi connectivity index (χ2v) is 11.0. The van der Waals surface area contributed by atoms with Gasteiger partial charge in [0.2, 0.25) is 0 Å². The highest BCUT2D eigenvalue weighted by molar-refractivity contribution is 6.30. The first-order valence-electron chi connectivity index (χ1n) is 12.7. The molecular formula is C29H39ClN3O2+. The highest BCUT2D eigenvalue weighted by atomic mass is 35.5. The number of ether oxygens (including phenoxy) is 1. The lowest BCUT2D eigenvalue weighted by Crippen LogP contribution is -2.43. The van der Waals surface area contributed by atoms with Crippen LogP contribution in [0.15, 0.2) is 60.8 Å². The van der Waals surface area contributed by atoms with Crippen LogP contribution in [0.5, 0.6) is 0 Å². The van der Waals surface area contributed by atoms with Gasteiger partial charge >= 0.3 is 0 Å². The van der Waals surface area contributed by atoms with Gasteiger partial charge in [-0.15, -0.1) is 0 Å². The summed E-state index contributed by atoms with van der Waals surface area (Å²) in [5.74, 6) is 0.931. The van der Waals surface area contributed by atoms with Gasteiger partial charge in [-0.2, -0.15) is 0 Å². The van der Waals surface area contributed by atoms with Gasteiger partial charge in [-0.3, -0.25) is 0 Å². The number of benzene rings is 2. The van der Waals surface area contributed by atoms with Crippen LogP contribution in [-0.4, -0.2) is 46.4 Å². The first-order chi connectivity index (χ1) is 16.8. The van der Waals surface area contributed by atoms with Crippen LogP contribution in [0.25, 0.3) is 0 Å². The van der Waals surface area contributed by atoms with Crippen molar-refractivity contribution in [3.05, 3.63) is 88.5 Å². The van der Waals surface area contributed by atoms with Crippen molar-refractivity contribution in [1.82, 2.24) is 9.55 Å². The number of quaternary nitrogens is 1. The third-order valence-corrected chi connectivity index (χ3v) is 7.70. The molecule has 1 atom stereocenters. The largest absolute Gasteiger partial charge is 0.377 e. The number of likely N-dealkylation sites (N-methyl/N-ethyl adjacent to an activating group) is 1. The Labute approximate surface area is 214 Å². The molecule has 0 aliphatic heterocycles. The average Bonchev–Trinajstić information content (AvgIpc) is 3.23. The zero-order chi connectivity index (χ0) is 24.9. The number of hydrogen-bond donors (Lipinski definition) is 1. The van der Waals surface area contributed by atoms with Gasteiger partial charge in [-0.25, -0.2) is 4.98 Å². The molecule has 0 amide bonds. The van der Waals surface area contributed by atoms with Crippen LogP contribution in [0, 0.1) is 5.92 Å². The van der Waals surface area contributed by atoms with E-state index in [0.717, 1.165) is 70.9 Å². The van der Waals surface area contributed by atoms with Gasteiger partial charge in [0.25, 0.3) is 0 Å². The van der Waals surface area contributed by atoms with Gasteiger partial charge in [-0.05, 0) is 42.0 Å². The molecule has 4 rings (SSSR count). The Hall–Kier alpha value is -2.18. The average molecular weight is 497 g/mol. The highest BCUT2D eigenvalue weighted by Crippen LogP contribution is 2.43. The topological polar surface area (TPSA) is 47.3 Å². The fourth-order valence-corrected chi connectivity index (χ4v) is 5.43. The molecule has 0 radical (unpaired) electrons. The van der Waals surface area contributed by atoms with E-state index in [9.17, 15) is 5.11 Å². The van der Waals surface area contributed by atoms with Crippen molar-refractivity contribution in [3.63, 3.8) is 0 Å². The van der Waals surface area contributed by atoms with E-state index in [0.29, 0.717) is 13.2 Å². The third kappa shape index (κ3) is 6.15. The minimum atomic E-state index is -1.08. The summed E-state index contributed by atoms with van der Waals surface area (Å²) in [4.78, 5) is 4.83. The maximum absolute atomic E-state index is 12.3. The molecule has 1 unspecified atom stereocenters. The Morgan fingerprint density at radius 2 is 1.74 bits per heavy atom. The van der Waals surface area contributed by atoms with E-state index < -0.39 is 5.60 Å². The molecule has 1 aromatic heterocycles. The van der Waals surface area contributed by atoms with E-state index in [4.69, 9.17) is 21.3 Å². The Morgan fingerprint density at radius 3 is 2.43 bits per heavy atom. The van der Waals surface area contributed by atoms with Gasteiger partial charge in [0.05, 0.1) is 39.2 Å². The summed E-state index contributed by atoms with van der Waals surface area (Å²) in [5, 5.41) is 13.0. The van der Waals surface area contributed by atoms with Gasteiger partial charge in [0.15, 0.2) is 0 Å². The van der Waals surface area contributed by atoms with E-state index in [1.54, 1.807) is 0 Å². The molecule has 0 spiro atoms. The second kappa shape index (κ2) is 11.3. The normalized spacial score (nSPS) is 16.8. The summed E-state index contributed by atoms with van der Waals surface area (Å²) in [6, 6.07) is 17.9. The van der Waals surface area contributed by atoms with Gasteiger partial charge in [0, 0.05) is 12.1 Å². The van der Waals surface area contributed by atoms with Crippen molar-refractivity contribution in [1.29, 1.82) is 0 Å². The number of aliphatic hydroxyl groups is 1. The summed E-state index contributed by atoms with van der Waals surface area (Å²) < 4.78 is 8.83. The fraction of sp³-hybridized carbons (Fsp3) is 0.483. The predicted octanol–water partition coefficient (Wildman–Crippen LogP) is 5.68. The summed E-state index contributed by atoms with van der Waals surface area (Å²) >= 11 is 5.97. The van der Waals surface area contributed by atoms with Crippen molar-refractivity contribution in [2.24, 2.45) is 13.0 Å². The number of aromatic nitrogens is 2. The molecule has 1 aliphatic rings. The summed E-state index contributed by atoms with van der Waals surface area (Å²) in [5.41, 5.74) is 2.11. The molecule has 0 saturated heterocycles. The van der Waals surface area contributed by atoms with E-state index in [1.807, 2.05) is 67.8 Å². The highest BCUT2D eigenvalue weighted by Gasteiger charge is 2.44. The van der Waals surface area contributed by atoms with Crippen LogP contribution < -0.4 is 0 Å². The van der Waals surface area contributed by atoms with Crippen molar-refractivity contribution in [3.8, 4) is 0 Å². The number of imidazole rings is 1. The molecule has 188 valence electrons. The van der Waals surface area contributed by atoms with Crippen LogP contribution in [0.1, 0.15) is 54.7 Å². The first kappa shape index (κ1) is 25.9. The van der Waals surface area contributed by atoms with Crippen molar-refractivity contribution < 1.29 is 14.3 Å². The molecule has 1 fully saturated rings. The van der Waals surface area contributed by atoms with Crippen molar-refractivity contribution in [2.75, 3.05) is 27.2 Å². The quantitative estimate of drug-likeness (QED) is 0.290. The molecule has 1 saturated carbocycles. The molecule has 1 aliphatic carbocycles. The number of halogens is 1. The maximum Gasteiger partial charge on any atom is 0.150 e. The van der Waals surface area contributed by atoms with Crippen LogP contribution in [-0.2, 0) is 30.5 Å². The van der Waals surface area contributed by atoms with E-state index in [-0.39, 0.29) is 5.92 Å². The second-order valence-electron chi connectivity index (χ2n) is 10.6. The Balaban J connectivity index is 1.45. The lowest BCUT2D eigenvalue weighted by molar-refractivity contribution is -0.904. The minimum absolute atomic E-state index is 0.177. The Kier molecular flexibility index (Phi) is 8.33. The molecule has 35 heavy (non-hydrogen) atoms. The maximum atomic E-state index is 12.3. The van der Waals surface area contributed by atoms with E-state index in [2.05, 4.69) is 18.7 Å². The molecular weight excluding hydrogens is 458 g/mol. The lowest BCUT2D eigenvalue weighted by Gasteiger charge is -2.38. The zero-order valence-electron chi connectivity index (χ0n) is 21.3. The molecule has 1 heterocycles. The van der Waals surface area contributed by atoms with Crippen molar-refractivity contribution in [2.45, 2.75) is 50.9 Å². The summed E-state index contributed by atoms with van der Waals surface area (Å²) in [7, 11) is 6.47. The van der Waals surface area contributed by atoms with Crippen molar-refractivity contribution >= 4 is 11.6 Å². The van der Waals surface area contributed by atoms with Gasteiger partial charge in [0.1, 0.15) is 24.5 Å². The summed E-state index contributed by atoms with van der Waals surface area (Å²) in [6.45, 7) is 2.93. The number of nitrogens with zero attached hydrogens (tertiary/aromatic N) is 3. The van der Waals surface area contributed by atoms with Gasteiger partial charge < -0.3 is 18.9 Å². The number of rotatable bonds is 10. The number of hydrogen-bond acceptors (Lipinski definition) is 3. The fourth-order valence-electron chi connectivity index (χ4n) is 5.31. The zero-order valence-corrected chi connectivity index (χ0v) is 22.0. The van der Waals surface area contributed by atoms with Crippen LogP contribution in [0.2, 0.25) is 5.02 Å². The molecule has 5 nitrogen and oxygen atoms in total. The first-order valence-corrected chi connectivity index (χ1v) is 13.1. The molecule has 1 N–H and O–H groups in total. The smallest absolute Gasteiger partial charge is 0.150 e. The standard InChI is InChI=1S/C29H39ClN3O2/c1-32-27(21-33(2,3)18-19-35-22-23-14-16-26(30)17-15-23)20-31-28(32)29(34,24-10-6-4-7-11-24)25-12-8-5-9-13-25/h4,6-7,10-11,14-17,20,25,34H,5,8-9,12-13,18-19,21-22H2,1-3H3/q+1. The SMILES string of the molecule is Cn1c(C[N+](C)(C)CCOCc2ccc(Cl)cc2)cnc1C(O)(c1ccccc1)C1CCCCC1. The molecule has 3 aromatic rings. The molecule has 6 heteroatoms. The van der Waals surface area contributed by atoms with Crippen LogP contribution in [0.4, 0.5) is 0 Å². The third-order valence-electron chi connectivity index (χ3n) is 7.45. The minimum Gasteiger partial charge on any atom is -0.377 e. The molecule has 2 aromatic carbocycles. The predicted molar refractivity (Wildman–Crippen MR) is 141 cm³/mol. The Bertz CT molecular complexity index is 1080. The monoisotopic (exact) mass is 496 g/mol. The molecule has 0 bridgehead atoms. The van der Waals surface area contributed by atoms with Gasteiger partial charge in [-0.1, -0.05) is 73.3 Å². The van der Waals surface area contributed by atoms with E-state index in [1.165, 1.54) is 6.42 Å². The van der Waals surface area contributed by atoms with Crippen LogP contribution in [0.3, 0.4) is 0 Å².